The van der Waals surface area contributed by atoms with Crippen molar-refractivity contribution in [3.05, 3.63) is 24.0 Å². The molecule has 17 heavy (non-hydrogen) atoms. The second-order valence-corrected chi connectivity index (χ2v) is 5.79. The van der Waals surface area contributed by atoms with Gasteiger partial charge in [0.2, 0.25) is 0 Å². The molecule has 0 aromatic carbocycles. The monoisotopic (exact) mass is 230 g/mol. The van der Waals surface area contributed by atoms with Gasteiger partial charge in [0.1, 0.15) is 0 Å². The Morgan fingerprint density at radius 2 is 2.00 bits per heavy atom. The van der Waals surface area contributed by atoms with E-state index in [1.165, 1.54) is 44.2 Å². The second kappa shape index (κ2) is 4.67. The van der Waals surface area contributed by atoms with E-state index in [1.54, 1.807) is 0 Å². The second-order valence-electron chi connectivity index (χ2n) is 5.79. The first-order valence-corrected chi connectivity index (χ1v) is 7.00. The van der Waals surface area contributed by atoms with Crippen LogP contribution in [-0.4, -0.2) is 11.0 Å². The van der Waals surface area contributed by atoms with E-state index in [2.05, 4.69) is 22.4 Å². The predicted molar refractivity (Wildman–Crippen MR) is 71.1 cm³/mol. The van der Waals surface area contributed by atoms with E-state index >= 15 is 0 Å². The minimum absolute atomic E-state index is 0.679. The third-order valence-corrected chi connectivity index (χ3v) is 4.29. The summed E-state index contributed by atoms with van der Waals surface area (Å²) in [5.74, 6) is 2.07. The lowest BCUT2D eigenvalue weighted by molar-refractivity contribution is 0.303. The molecule has 2 aliphatic rings. The van der Waals surface area contributed by atoms with Gasteiger partial charge in [-0.3, -0.25) is 4.98 Å². The number of pyridine rings is 1. The molecule has 1 aromatic heterocycles. The maximum Gasteiger partial charge on any atom is 0.0529 e. The van der Waals surface area contributed by atoms with Crippen molar-refractivity contribution in [1.82, 2.24) is 4.98 Å². The van der Waals surface area contributed by atoms with Gasteiger partial charge in [-0.05, 0) is 56.6 Å². The number of aromatic nitrogens is 1. The highest BCUT2D eigenvalue weighted by Crippen LogP contribution is 2.44. The van der Waals surface area contributed by atoms with Gasteiger partial charge in [0.15, 0.2) is 0 Å². The molecule has 0 bridgehead atoms. The number of rotatable bonds is 3. The number of anilines is 1. The van der Waals surface area contributed by atoms with E-state index in [4.69, 9.17) is 0 Å². The molecule has 2 atom stereocenters. The molecule has 0 radical (unpaired) electrons. The average Bonchev–Trinajstić information content (AvgIpc) is 3.17. The molecule has 0 saturated heterocycles. The molecule has 0 aliphatic heterocycles. The van der Waals surface area contributed by atoms with Gasteiger partial charge in [-0.15, -0.1) is 0 Å². The Morgan fingerprint density at radius 3 is 2.71 bits per heavy atom. The van der Waals surface area contributed by atoms with Crippen molar-refractivity contribution in [1.29, 1.82) is 0 Å². The molecule has 2 heteroatoms. The molecule has 1 heterocycles. The Morgan fingerprint density at radius 1 is 1.12 bits per heavy atom. The van der Waals surface area contributed by atoms with Crippen LogP contribution in [0.5, 0.6) is 0 Å². The molecule has 2 fully saturated rings. The standard InChI is InChI=1S/C15H22N2/c1-11-5-8-15(10-16-11)17-14-4-2-3-13(9-14)12-6-7-12/h5,8,10,12-14,17H,2-4,6-7,9H2,1H3. The van der Waals surface area contributed by atoms with Crippen LogP contribution in [0.2, 0.25) is 0 Å². The van der Waals surface area contributed by atoms with Gasteiger partial charge in [0.25, 0.3) is 0 Å². The Labute approximate surface area is 104 Å². The van der Waals surface area contributed by atoms with E-state index < -0.39 is 0 Å². The van der Waals surface area contributed by atoms with Gasteiger partial charge in [-0.2, -0.15) is 0 Å². The summed E-state index contributed by atoms with van der Waals surface area (Å²) in [5.41, 5.74) is 2.28. The minimum Gasteiger partial charge on any atom is -0.381 e. The Kier molecular flexibility index (Phi) is 3.04. The van der Waals surface area contributed by atoms with Gasteiger partial charge in [-0.25, -0.2) is 0 Å². The van der Waals surface area contributed by atoms with E-state index in [0.29, 0.717) is 6.04 Å². The van der Waals surface area contributed by atoms with Crippen LogP contribution in [0.15, 0.2) is 18.3 Å². The highest BCUT2D eigenvalue weighted by molar-refractivity contribution is 5.41. The number of hydrogen-bond donors (Lipinski definition) is 1. The summed E-state index contributed by atoms with van der Waals surface area (Å²) in [4.78, 5) is 4.35. The van der Waals surface area contributed by atoms with Crippen molar-refractivity contribution < 1.29 is 0 Å². The Balaban J connectivity index is 1.58. The SMILES string of the molecule is Cc1ccc(NC2CCCC(C3CC3)C2)cn1. The predicted octanol–water partition coefficient (Wildman–Crippen LogP) is 3.77. The normalized spacial score (nSPS) is 29.0. The topological polar surface area (TPSA) is 24.9 Å². The molecule has 2 aliphatic carbocycles. The summed E-state index contributed by atoms with van der Waals surface area (Å²) in [6.07, 6.45) is 10.5. The minimum atomic E-state index is 0.679. The van der Waals surface area contributed by atoms with Crippen LogP contribution in [0.1, 0.15) is 44.2 Å². The fourth-order valence-corrected chi connectivity index (χ4v) is 3.14. The zero-order chi connectivity index (χ0) is 11.7. The number of nitrogens with zero attached hydrogens (tertiary/aromatic N) is 1. The van der Waals surface area contributed by atoms with Crippen LogP contribution in [0.3, 0.4) is 0 Å². The van der Waals surface area contributed by atoms with Crippen molar-refractivity contribution in [3.63, 3.8) is 0 Å². The highest BCUT2D eigenvalue weighted by atomic mass is 14.9. The molecule has 92 valence electrons. The molecule has 2 nitrogen and oxygen atoms in total. The zero-order valence-electron chi connectivity index (χ0n) is 10.7. The summed E-state index contributed by atoms with van der Waals surface area (Å²) in [6, 6.07) is 4.92. The van der Waals surface area contributed by atoms with Crippen molar-refractivity contribution in [2.45, 2.75) is 51.5 Å². The number of nitrogens with one attached hydrogen (secondary N) is 1. The average molecular weight is 230 g/mol. The first kappa shape index (κ1) is 11.1. The van der Waals surface area contributed by atoms with Gasteiger partial charge in [0.05, 0.1) is 11.9 Å². The fraction of sp³-hybridized carbons (Fsp3) is 0.667. The summed E-state index contributed by atoms with van der Waals surface area (Å²) in [7, 11) is 0. The van der Waals surface area contributed by atoms with Crippen LogP contribution in [0, 0.1) is 18.8 Å². The molecule has 2 unspecified atom stereocenters. The maximum atomic E-state index is 4.35. The summed E-state index contributed by atoms with van der Waals surface area (Å²) < 4.78 is 0. The molecule has 0 amide bonds. The van der Waals surface area contributed by atoms with Crippen molar-refractivity contribution in [2.75, 3.05) is 5.32 Å². The number of aryl methyl sites for hydroxylation is 1. The van der Waals surface area contributed by atoms with Crippen LogP contribution in [-0.2, 0) is 0 Å². The first-order chi connectivity index (χ1) is 8.31. The third kappa shape index (κ3) is 2.80. The summed E-state index contributed by atoms with van der Waals surface area (Å²) in [6.45, 7) is 2.04. The highest BCUT2D eigenvalue weighted by Gasteiger charge is 2.34. The molecule has 1 N–H and O–H groups in total. The third-order valence-electron chi connectivity index (χ3n) is 4.29. The molecule has 2 saturated carbocycles. The van der Waals surface area contributed by atoms with E-state index in [1.807, 2.05) is 13.1 Å². The van der Waals surface area contributed by atoms with E-state index in [0.717, 1.165) is 17.5 Å². The van der Waals surface area contributed by atoms with Crippen LogP contribution in [0.4, 0.5) is 5.69 Å². The first-order valence-electron chi connectivity index (χ1n) is 7.00. The molecular formula is C15H22N2. The zero-order valence-corrected chi connectivity index (χ0v) is 10.7. The molecule has 0 spiro atoms. The smallest absolute Gasteiger partial charge is 0.0529 e. The van der Waals surface area contributed by atoms with Gasteiger partial charge >= 0.3 is 0 Å². The lowest BCUT2D eigenvalue weighted by Crippen LogP contribution is -2.28. The van der Waals surface area contributed by atoms with Gasteiger partial charge in [-0.1, -0.05) is 12.8 Å². The van der Waals surface area contributed by atoms with Crippen LogP contribution < -0.4 is 5.32 Å². The Bertz CT molecular complexity index is 367. The Hall–Kier alpha value is -1.05. The summed E-state index contributed by atoms with van der Waals surface area (Å²) >= 11 is 0. The van der Waals surface area contributed by atoms with Crippen molar-refractivity contribution in [3.8, 4) is 0 Å². The molecule has 1 aromatic rings. The quantitative estimate of drug-likeness (QED) is 0.855. The molecule has 3 rings (SSSR count). The number of hydrogen-bond acceptors (Lipinski definition) is 2. The largest absolute Gasteiger partial charge is 0.381 e. The van der Waals surface area contributed by atoms with E-state index in [9.17, 15) is 0 Å². The van der Waals surface area contributed by atoms with Crippen LogP contribution in [0.25, 0.3) is 0 Å². The van der Waals surface area contributed by atoms with Crippen LogP contribution >= 0.6 is 0 Å². The summed E-state index contributed by atoms with van der Waals surface area (Å²) in [5, 5.41) is 3.66. The van der Waals surface area contributed by atoms with Crippen molar-refractivity contribution in [2.24, 2.45) is 11.8 Å². The lowest BCUT2D eigenvalue weighted by Gasteiger charge is -2.30. The van der Waals surface area contributed by atoms with Crippen molar-refractivity contribution >= 4 is 5.69 Å². The van der Waals surface area contributed by atoms with Gasteiger partial charge < -0.3 is 5.32 Å². The lowest BCUT2D eigenvalue weighted by atomic mass is 9.82. The maximum absolute atomic E-state index is 4.35. The molecular weight excluding hydrogens is 208 g/mol. The fourth-order valence-electron chi connectivity index (χ4n) is 3.14. The van der Waals surface area contributed by atoms with Gasteiger partial charge in [0, 0.05) is 11.7 Å². The van der Waals surface area contributed by atoms with E-state index in [-0.39, 0.29) is 0 Å².